The van der Waals surface area contributed by atoms with Crippen LogP contribution < -0.4 is 5.43 Å². The van der Waals surface area contributed by atoms with Crippen molar-refractivity contribution in [2.45, 2.75) is 20.0 Å². The lowest BCUT2D eigenvalue weighted by Crippen LogP contribution is -2.11. The van der Waals surface area contributed by atoms with E-state index in [0.717, 1.165) is 6.07 Å². The van der Waals surface area contributed by atoms with Crippen LogP contribution in [-0.2, 0) is 19.8 Å². The van der Waals surface area contributed by atoms with Crippen molar-refractivity contribution in [1.29, 1.82) is 0 Å². The van der Waals surface area contributed by atoms with E-state index in [0.29, 0.717) is 0 Å². The van der Waals surface area contributed by atoms with Gasteiger partial charge in [-0.15, -0.1) is 0 Å². The average Bonchev–Trinajstić information content (AvgIpc) is 2.43. The molecule has 0 aliphatic rings. The van der Waals surface area contributed by atoms with E-state index >= 15 is 0 Å². The van der Waals surface area contributed by atoms with Crippen LogP contribution in [-0.4, -0.2) is 13.2 Å². The van der Waals surface area contributed by atoms with Gasteiger partial charge in [-0.05, 0) is 32.0 Å². The predicted molar refractivity (Wildman–Crippen MR) is 77.0 cm³/mol. The van der Waals surface area contributed by atoms with Gasteiger partial charge in [0, 0.05) is 5.56 Å². The highest BCUT2D eigenvalue weighted by Crippen LogP contribution is 2.50. The van der Waals surface area contributed by atoms with Crippen molar-refractivity contribution in [1.82, 2.24) is 0 Å². The number of hydrogen-bond acceptors (Lipinski definition) is 5. The molecule has 5 nitrogen and oxygen atoms in total. The molecule has 0 radical (unpaired) electrons. The third-order valence-corrected chi connectivity index (χ3v) is 4.85. The van der Waals surface area contributed by atoms with Crippen LogP contribution >= 0.6 is 7.60 Å². The maximum Gasteiger partial charge on any atom is 0.335 e. The normalized spacial score (nSPS) is 12.0. The summed E-state index contributed by atoms with van der Waals surface area (Å²) in [4.78, 5) is 12.3. The van der Waals surface area contributed by atoms with E-state index < -0.39 is 18.8 Å². The summed E-state index contributed by atoms with van der Waals surface area (Å²) in [5.74, 6) is -0.537. The highest BCUT2D eigenvalue weighted by atomic mass is 31.2. The van der Waals surface area contributed by atoms with E-state index in [4.69, 9.17) is 13.5 Å². The molecule has 1 aromatic heterocycles. The molecule has 2 rings (SSSR count). The van der Waals surface area contributed by atoms with E-state index in [1.165, 1.54) is 18.4 Å². The fourth-order valence-electron chi connectivity index (χ4n) is 1.98. The minimum atomic E-state index is -3.41. The molecule has 0 saturated carbocycles. The van der Waals surface area contributed by atoms with Gasteiger partial charge in [-0.25, -0.2) is 4.39 Å². The van der Waals surface area contributed by atoms with Gasteiger partial charge in [-0.2, -0.15) is 0 Å². The molecule has 2 aromatic rings. The van der Waals surface area contributed by atoms with Crippen LogP contribution in [0.15, 0.2) is 33.7 Å². The van der Waals surface area contributed by atoms with Crippen molar-refractivity contribution < 1.29 is 22.4 Å². The van der Waals surface area contributed by atoms with Gasteiger partial charge in [0.15, 0.2) is 5.43 Å². The Morgan fingerprint density at radius 2 is 1.90 bits per heavy atom. The second-order valence-electron chi connectivity index (χ2n) is 4.34. The van der Waals surface area contributed by atoms with Gasteiger partial charge in [0.05, 0.1) is 31.0 Å². The van der Waals surface area contributed by atoms with E-state index in [1.807, 2.05) is 0 Å². The zero-order valence-corrected chi connectivity index (χ0v) is 12.7. The van der Waals surface area contributed by atoms with E-state index in [2.05, 4.69) is 0 Å². The van der Waals surface area contributed by atoms with Crippen LogP contribution in [0.2, 0.25) is 0 Å². The van der Waals surface area contributed by atoms with Crippen LogP contribution in [0.1, 0.15) is 19.4 Å². The van der Waals surface area contributed by atoms with Crippen LogP contribution in [0.4, 0.5) is 4.39 Å². The third-order valence-electron chi connectivity index (χ3n) is 2.82. The van der Waals surface area contributed by atoms with Crippen molar-refractivity contribution >= 4 is 18.6 Å². The summed E-state index contributed by atoms with van der Waals surface area (Å²) in [5, 5.41) is 0.104. The zero-order chi connectivity index (χ0) is 15.5. The summed E-state index contributed by atoms with van der Waals surface area (Å²) >= 11 is 0. The Labute approximate surface area is 121 Å². The molecule has 0 amide bonds. The maximum absolute atomic E-state index is 13.2. The van der Waals surface area contributed by atoms with Crippen molar-refractivity contribution in [2.24, 2.45) is 0 Å². The number of benzene rings is 1. The standard InChI is InChI=1S/C14H16FO5P/c1-3-19-21(17,20-4-2)9-10-8-18-13-6-5-11(15)7-12(13)14(10)16/h5-8H,3-4,9H2,1-2H3. The molecule has 0 fully saturated rings. The van der Waals surface area contributed by atoms with Crippen LogP contribution in [0.25, 0.3) is 11.0 Å². The summed E-state index contributed by atoms with van der Waals surface area (Å²) < 4.78 is 41.3. The zero-order valence-electron chi connectivity index (χ0n) is 11.8. The van der Waals surface area contributed by atoms with E-state index in [9.17, 15) is 13.8 Å². The number of fused-ring (bicyclic) bond motifs is 1. The summed E-state index contributed by atoms with van der Waals surface area (Å²) in [6.07, 6.45) is 1.01. The molecule has 0 N–H and O–H groups in total. The summed E-state index contributed by atoms with van der Waals surface area (Å²) in [6.45, 7) is 3.77. The van der Waals surface area contributed by atoms with Crippen molar-refractivity contribution in [2.75, 3.05) is 13.2 Å². The summed E-state index contributed by atoms with van der Waals surface area (Å²) in [7, 11) is -3.41. The maximum atomic E-state index is 13.2. The van der Waals surface area contributed by atoms with Gasteiger partial charge in [-0.3, -0.25) is 9.36 Å². The third kappa shape index (κ3) is 3.59. The molecule has 1 heterocycles. The lowest BCUT2D eigenvalue weighted by Gasteiger charge is -2.16. The fourth-order valence-corrected chi connectivity index (χ4v) is 3.66. The molecule has 0 bridgehead atoms. The van der Waals surface area contributed by atoms with Crippen molar-refractivity contribution in [3.05, 3.63) is 46.1 Å². The van der Waals surface area contributed by atoms with Crippen LogP contribution in [0.5, 0.6) is 0 Å². The Bertz CT molecular complexity index is 730. The molecular weight excluding hydrogens is 298 g/mol. The van der Waals surface area contributed by atoms with Gasteiger partial charge < -0.3 is 13.5 Å². The van der Waals surface area contributed by atoms with Crippen LogP contribution in [0.3, 0.4) is 0 Å². The topological polar surface area (TPSA) is 65.7 Å². The molecule has 114 valence electrons. The molecule has 0 unspecified atom stereocenters. The van der Waals surface area contributed by atoms with E-state index in [1.54, 1.807) is 13.8 Å². The molecule has 7 heteroatoms. The Morgan fingerprint density at radius 3 is 2.52 bits per heavy atom. The van der Waals surface area contributed by atoms with Gasteiger partial charge in [0.25, 0.3) is 0 Å². The first-order valence-corrected chi connectivity index (χ1v) is 8.30. The molecule has 21 heavy (non-hydrogen) atoms. The molecule has 0 atom stereocenters. The van der Waals surface area contributed by atoms with Gasteiger partial charge in [0.1, 0.15) is 11.4 Å². The van der Waals surface area contributed by atoms with Crippen molar-refractivity contribution in [3.8, 4) is 0 Å². The minimum Gasteiger partial charge on any atom is -0.464 e. The Balaban J connectivity index is 2.45. The van der Waals surface area contributed by atoms with Gasteiger partial charge in [-0.1, -0.05) is 0 Å². The van der Waals surface area contributed by atoms with Crippen LogP contribution in [0, 0.1) is 5.82 Å². The monoisotopic (exact) mass is 314 g/mol. The predicted octanol–water partition coefficient (Wildman–Crippen LogP) is 3.70. The first kappa shape index (κ1) is 15.9. The Morgan fingerprint density at radius 1 is 1.24 bits per heavy atom. The molecule has 0 spiro atoms. The second kappa shape index (κ2) is 6.52. The highest BCUT2D eigenvalue weighted by molar-refractivity contribution is 7.53. The SMILES string of the molecule is CCOP(=O)(Cc1coc2ccc(F)cc2c1=O)OCC. The quantitative estimate of drug-likeness (QED) is 0.761. The summed E-state index contributed by atoms with van der Waals surface area (Å²) in [5.41, 5.74) is -0.0264. The Hall–Kier alpha value is -1.49. The highest BCUT2D eigenvalue weighted by Gasteiger charge is 2.26. The molecule has 0 saturated heterocycles. The first-order chi connectivity index (χ1) is 9.99. The molecule has 0 aliphatic heterocycles. The van der Waals surface area contributed by atoms with Gasteiger partial charge in [0.2, 0.25) is 0 Å². The molecule has 0 aliphatic carbocycles. The first-order valence-electron chi connectivity index (χ1n) is 6.57. The van der Waals surface area contributed by atoms with E-state index in [-0.39, 0.29) is 35.9 Å². The lowest BCUT2D eigenvalue weighted by molar-refractivity contribution is 0.219. The average molecular weight is 314 g/mol. The number of rotatable bonds is 6. The largest absolute Gasteiger partial charge is 0.464 e. The lowest BCUT2D eigenvalue weighted by atomic mass is 10.2. The fraction of sp³-hybridized carbons (Fsp3) is 0.357. The molecule has 1 aromatic carbocycles. The Kier molecular flexibility index (Phi) is 4.93. The molecular formula is C14H16FO5P. The van der Waals surface area contributed by atoms with Crippen molar-refractivity contribution in [3.63, 3.8) is 0 Å². The summed E-state index contributed by atoms with van der Waals surface area (Å²) in [6, 6.07) is 3.67. The number of hydrogen-bond donors (Lipinski definition) is 0. The smallest absolute Gasteiger partial charge is 0.335 e. The minimum absolute atomic E-state index is 0.104. The van der Waals surface area contributed by atoms with Gasteiger partial charge >= 0.3 is 7.60 Å². The number of halogens is 1. The second-order valence-corrected chi connectivity index (χ2v) is 6.39.